The number of ether oxygens (including phenoxy) is 1. The second-order valence-corrected chi connectivity index (χ2v) is 5.29. The molecule has 2 rings (SSSR count). The van der Waals surface area contributed by atoms with Crippen molar-refractivity contribution in [1.29, 1.82) is 0 Å². The van der Waals surface area contributed by atoms with Gasteiger partial charge in [-0.05, 0) is 19.8 Å². The van der Waals surface area contributed by atoms with Crippen molar-refractivity contribution in [2.45, 2.75) is 38.6 Å². The Morgan fingerprint density at radius 1 is 1.22 bits per heavy atom. The molecule has 1 aliphatic heterocycles. The van der Waals surface area contributed by atoms with Crippen LogP contribution in [-0.4, -0.2) is 47.7 Å². The summed E-state index contributed by atoms with van der Waals surface area (Å²) in [7, 11) is 0. The lowest BCUT2D eigenvalue weighted by Gasteiger charge is -2.38. The summed E-state index contributed by atoms with van der Waals surface area (Å²) in [5, 5.41) is 9.23. The van der Waals surface area contributed by atoms with Crippen molar-refractivity contribution in [2.75, 3.05) is 19.8 Å². The van der Waals surface area contributed by atoms with Crippen molar-refractivity contribution < 1.29 is 19.4 Å². The Hall–Kier alpha value is -1.10. The van der Waals surface area contributed by atoms with E-state index >= 15 is 0 Å². The van der Waals surface area contributed by atoms with Crippen LogP contribution in [0, 0.1) is 11.8 Å². The number of hydrogen-bond donors (Lipinski definition) is 1. The Bertz CT molecular complexity index is 331. The minimum absolute atomic E-state index is 0.0119. The number of amides is 1. The zero-order valence-electron chi connectivity index (χ0n) is 10.8. The highest BCUT2D eigenvalue weighted by Gasteiger charge is 2.39. The fraction of sp³-hybridized carbons (Fsp3) is 0.846. The zero-order valence-corrected chi connectivity index (χ0v) is 10.8. The Morgan fingerprint density at radius 3 is 2.50 bits per heavy atom. The summed E-state index contributed by atoms with van der Waals surface area (Å²) in [5.74, 6) is -1.65. The molecule has 0 aromatic carbocycles. The Kier molecular flexibility index (Phi) is 4.22. The van der Waals surface area contributed by atoms with Gasteiger partial charge in [0.2, 0.25) is 5.91 Å². The molecule has 1 saturated carbocycles. The van der Waals surface area contributed by atoms with Gasteiger partial charge < -0.3 is 14.7 Å². The van der Waals surface area contributed by atoms with Gasteiger partial charge in [-0.25, -0.2) is 0 Å². The number of carboxylic acids is 1. The largest absolute Gasteiger partial charge is 0.481 e. The maximum atomic E-state index is 12.5. The Balaban J connectivity index is 2.07. The monoisotopic (exact) mass is 255 g/mol. The van der Waals surface area contributed by atoms with Crippen molar-refractivity contribution in [1.82, 2.24) is 4.90 Å². The van der Waals surface area contributed by atoms with Crippen LogP contribution in [0.3, 0.4) is 0 Å². The number of nitrogens with zero attached hydrogens (tertiary/aromatic N) is 1. The lowest BCUT2D eigenvalue weighted by Crippen LogP contribution is -2.51. The van der Waals surface area contributed by atoms with Gasteiger partial charge in [0.05, 0.1) is 31.1 Å². The van der Waals surface area contributed by atoms with Crippen molar-refractivity contribution in [3.05, 3.63) is 0 Å². The molecule has 1 amide bonds. The molecule has 0 aromatic heterocycles. The normalized spacial score (nSPS) is 33.2. The second kappa shape index (κ2) is 5.69. The molecule has 5 nitrogen and oxygen atoms in total. The Morgan fingerprint density at radius 2 is 1.89 bits per heavy atom. The maximum Gasteiger partial charge on any atom is 0.307 e. The van der Waals surface area contributed by atoms with Crippen LogP contribution in [-0.2, 0) is 14.3 Å². The molecule has 18 heavy (non-hydrogen) atoms. The summed E-state index contributed by atoms with van der Waals surface area (Å²) in [6.45, 7) is 3.65. The van der Waals surface area contributed by atoms with Crippen molar-refractivity contribution in [3.63, 3.8) is 0 Å². The highest BCUT2D eigenvalue weighted by Crippen LogP contribution is 2.32. The van der Waals surface area contributed by atoms with Crippen LogP contribution in [0.2, 0.25) is 0 Å². The summed E-state index contributed by atoms with van der Waals surface area (Å²) >= 11 is 0. The molecular formula is C13H21NO4. The first kappa shape index (κ1) is 13.3. The van der Waals surface area contributed by atoms with Gasteiger partial charge in [0.1, 0.15) is 0 Å². The van der Waals surface area contributed by atoms with Crippen LogP contribution in [0.4, 0.5) is 0 Å². The molecule has 102 valence electrons. The van der Waals surface area contributed by atoms with Gasteiger partial charge >= 0.3 is 5.97 Å². The van der Waals surface area contributed by atoms with E-state index in [2.05, 4.69) is 0 Å². The van der Waals surface area contributed by atoms with Crippen molar-refractivity contribution >= 4 is 11.9 Å². The van der Waals surface area contributed by atoms with Crippen LogP contribution in [0.25, 0.3) is 0 Å². The fourth-order valence-electron chi connectivity index (χ4n) is 2.99. The summed E-state index contributed by atoms with van der Waals surface area (Å²) < 4.78 is 5.31. The Labute approximate surface area is 107 Å². The van der Waals surface area contributed by atoms with Gasteiger partial charge in [-0.3, -0.25) is 9.59 Å². The molecule has 1 unspecified atom stereocenters. The van der Waals surface area contributed by atoms with E-state index in [9.17, 15) is 14.7 Å². The molecule has 1 N–H and O–H groups in total. The van der Waals surface area contributed by atoms with Crippen molar-refractivity contribution in [2.24, 2.45) is 11.8 Å². The van der Waals surface area contributed by atoms with Gasteiger partial charge in [-0.1, -0.05) is 12.8 Å². The standard InChI is InChI=1S/C13H21NO4/c1-9-8-18-7-6-14(9)12(15)10-4-2-3-5-11(10)13(16)17/h9-11H,2-8H2,1H3,(H,16,17)/t9?,10-,11+/m1/s1. The maximum absolute atomic E-state index is 12.5. The zero-order chi connectivity index (χ0) is 13.1. The van der Waals surface area contributed by atoms with E-state index in [4.69, 9.17) is 4.74 Å². The van der Waals surface area contributed by atoms with Crippen LogP contribution in [0.5, 0.6) is 0 Å². The van der Waals surface area contributed by atoms with E-state index in [1.165, 1.54) is 0 Å². The van der Waals surface area contributed by atoms with Crippen LogP contribution in [0.1, 0.15) is 32.6 Å². The average molecular weight is 255 g/mol. The SMILES string of the molecule is CC1COCCN1C(=O)[C@@H]1CCCC[C@@H]1C(=O)O. The topological polar surface area (TPSA) is 66.8 Å². The number of aliphatic carboxylic acids is 1. The van der Waals surface area contributed by atoms with E-state index in [1.54, 1.807) is 4.90 Å². The molecular weight excluding hydrogens is 234 g/mol. The lowest BCUT2D eigenvalue weighted by atomic mass is 9.78. The molecule has 1 heterocycles. The third-order valence-corrected chi connectivity index (χ3v) is 4.05. The molecule has 3 atom stereocenters. The van der Waals surface area contributed by atoms with Gasteiger partial charge in [-0.2, -0.15) is 0 Å². The average Bonchev–Trinajstić information content (AvgIpc) is 2.38. The first-order valence-electron chi connectivity index (χ1n) is 6.72. The minimum atomic E-state index is -0.825. The molecule has 1 aliphatic carbocycles. The number of carbonyl (C=O) groups is 2. The van der Waals surface area contributed by atoms with Gasteiger partial charge in [0.15, 0.2) is 0 Å². The third-order valence-electron chi connectivity index (χ3n) is 4.05. The van der Waals surface area contributed by atoms with E-state index < -0.39 is 11.9 Å². The third kappa shape index (κ3) is 2.66. The van der Waals surface area contributed by atoms with Crippen LogP contribution >= 0.6 is 0 Å². The quantitative estimate of drug-likeness (QED) is 0.803. The van der Waals surface area contributed by atoms with E-state index in [-0.39, 0.29) is 17.9 Å². The van der Waals surface area contributed by atoms with E-state index in [0.29, 0.717) is 32.6 Å². The first-order valence-corrected chi connectivity index (χ1v) is 6.72. The summed E-state index contributed by atoms with van der Waals surface area (Å²) in [6.07, 6.45) is 3.21. The van der Waals surface area contributed by atoms with Gasteiger partial charge in [0, 0.05) is 6.54 Å². The van der Waals surface area contributed by atoms with Crippen LogP contribution < -0.4 is 0 Å². The number of carboxylic acid groups (broad SMARTS) is 1. The van der Waals surface area contributed by atoms with E-state index in [1.807, 2.05) is 6.92 Å². The molecule has 0 radical (unpaired) electrons. The molecule has 5 heteroatoms. The van der Waals surface area contributed by atoms with Gasteiger partial charge in [0.25, 0.3) is 0 Å². The van der Waals surface area contributed by atoms with Crippen molar-refractivity contribution in [3.8, 4) is 0 Å². The second-order valence-electron chi connectivity index (χ2n) is 5.29. The molecule has 0 bridgehead atoms. The first-order chi connectivity index (χ1) is 8.61. The predicted octanol–water partition coefficient (Wildman–Crippen LogP) is 1.12. The highest BCUT2D eigenvalue weighted by molar-refractivity contribution is 5.85. The fourth-order valence-corrected chi connectivity index (χ4v) is 2.99. The minimum Gasteiger partial charge on any atom is -0.481 e. The molecule has 0 spiro atoms. The smallest absolute Gasteiger partial charge is 0.307 e. The number of morpholine rings is 1. The summed E-state index contributed by atoms with van der Waals surface area (Å²) in [6, 6.07) is 0.0580. The number of rotatable bonds is 2. The summed E-state index contributed by atoms with van der Waals surface area (Å²) in [5.41, 5.74) is 0. The van der Waals surface area contributed by atoms with Gasteiger partial charge in [-0.15, -0.1) is 0 Å². The van der Waals surface area contributed by atoms with Crippen LogP contribution in [0.15, 0.2) is 0 Å². The molecule has 2 fully saturated rings. The predicted molar refractivity (Wildman–Crippen MR) is 65.1 cm³/mol. The summed E-state index contributed by atoms with van der Waals surface area (Å²) in [4.78, 5) is 25.5. The molecule has 0 aromatic rings. The lowest BCUT2D eigenvalue weighted by molar-refractivity contribution is -0.156. The highest BCUT2D eigenvalue weighted by atomic mass is 16.5. The molecule has 2 aliphatic rings. The molecule has 1 saturated heterocycles. The number of carbonyl (C=O) groups excluding carboxylic acids is 1. The van der Waals surface area contributed by atoms with E-state index in [0.717, 1.165) is 12.8 Å². The number of hydrogen-bond acceptors (Lipinski definition) is 3.